The molecule has 480 valence electrons. The summed E-state index contributed by atoms with van der Waals surface area (Å²) in [5.41, 5.74) is 19.5. The first-order chi connectivity index (χ1) is 50.4. The zero-order chi connectivity index (χ0) is 67.8. The molecule has 0 spiro atoms. The zero-order valence-electron chi connectivity index (χ0n) is 56.1. The van der Waals surface area contributed by atoms with Crippen LogP contribution in [-0.4, -0.2) is 19.9 Å². The average Bonchev–Trinajstić information content (AvgIpc) is 1.63. The van der Waals surface area contributed by atoms with Gasteiger partial charge in [0.05, 0.1) is 49.9 Å². The fourth-order valence-corrected chi connectivity index (χ4v) is 16.9. The molecule has 19 aromatic rings. The van der Waals surface area contributed by atoms with E-state index in [1.807, 2.05) is 11.3 Å². The highest BCUT2D eigenvalue weighted by atomic mass is 32.1. The highest BCUT2D eigenvalue weighted by Crippen LogP contribution is 2.57. The zero-order valence-corrected chi connectivity index (χ0v) is 56.9. The Balaban J connectivity index is 0.000000141. The molecule has 16 aromatic carbocycles. The molecule has 0 fully saturated rings. The minimum absolute atomic E-state index is 0.234. The molecule has 0 N–H and O–H groups in total. The van der Waals surface area contributed by atoms with Gasteiger partial charge in [-0.3, -0.25) is 9.80 Å². The molecule has 0 unspecified atom stereocenters. The van der Waals surface area contributed by atoms with Crippen LogP contribution in [0.15, 0.2) is 352 Å². The van der Waals surface area contributed by atoms with E-state index in [0.29, 0.717) is 11.9 Å². The van der Waals surface area contributed by atoms with E-state index in [0.717, 1.165) is 94.4 Å². The lowest BCUT2D eigenvalue weighted by atomic mass is 9.78. The van der Waals surface area contributed by atoms with Crippen LogP contribution in [0.4, 0.5) is 34.6 Å². The molecule has 0 atom stereocenters. The lowest BCUT2D eigenvalue weighted by Crippen LogP contribution is -2.20. The maximum absolute atomic E-state index is 5.52. The van der Waals surface area contributed by atoms with Crippen molar-refractivity contribution in [1.82, 2.24) is 19.9 Å². The summed E-state index contributed by atoms with van der Waals surface area (Å²) in [4.78, 5) is 26.4. The van der Waals surface area contributed by atoms with Crippen molar-refractivity contribution in [1.29, 1.82) is 0 Å². The molecule has 7 heteroatoms. The number of para-hydroxylation sites is 2. The van der Waals surface area contributed by atoms with Crippen molar-refractivity contribution < 1.29 is 0 Å². The van der Waals surface area contributed by atoms with Gasteiger partial charge in [-0.05, 0) is 126 Å². The van der Waals surface area contributed by atoms with E-state index in [1.54, 1.807) is 0 Å². The lowest BCUT2D eigenvalue weighted by Gasteiger charge is -2.31. The normalized spacial score (nSPS) is 12.3. The van der Waals surface area contributed by atoms with Gasteiger partial charge < -0.3 is 0 Å². The van der Waals surface area contributed by atoms with Crippen LogP contribution >= 0.6 is 11.3 Å². The van der Waals surface area contributed by atoms with Crippen LogP contribution in [0.25, 0.3) is 141 Å². The highest BCUT2D eigenvalue weighted by Gasteiger charge is 2.40. The van der Waals surface area contributed by atoms with E-state index < -0.39 is 0 Å². The molecular weight excluding hydrogens is 1260 g/mol. The molecule has 0 aliphatic heterocycles. The number of benzene rings is 16. The predicted octanol–water partition coefficient (Wildman–Crippen LogP) is 26.2. The Labute approximate surface area is 595 Å². The largest absolute Gasteiger partial charge is 0.278 e. The summed E-state index contributed by atoms with van der Waals surface area (Å²) in [6, 6.07) is 126. The van der Waals surface area contributed by atoms with Crippen LogP contribution in [0, 0.1) is 0 Å². The van der Waals surface area contributed by atoms with Gasteiger partial charge in [0.1, 0.15) is 0 Å². The van der Waals surface area contributed by atoms with Crippen molar-refractivity contribution in [2.24, 2.45) is 0 Å². The van der Waals surface area contributed by atoms with Gasteiger partial charge in [0.2, 0.25) is 11.9 Å². The third kappa shape index (κ3) is 10.2. The maximum Gasteiger partial charge on any atom is 0.235 e. The number of rotatable bonds is 10. The van der Waals surface area contributed by atoms with Crippen LogP contribution in [0.5, 0.6) is 0 Å². The van der Waals surface area contributed by atoms with Gasteiger partial charge in [-0.2, -0.15) is 0 Å². The molecule has 1 aliphatic rings. The summed E-state index contributed by atoms with van der Waals surface area (Å²) in [7, 11) is 0. The van der Waals surface area contributed by atoms with Gasteiger partial charge >= 0.3 is 0 Å². The second-order valence-corrected chi connectivity index (χ2v) is 27.8. The van der Waals surface area contributed by atoms with E-state index in [2.05, 4.69) is 375 Å². The molecule has 0 radical (unpaired) electrons. The monoisotopic (exact) mass is 1320 g/mol. The Kier molecular flexibility index (Phi) is 14.6. The van der Waals surface area contributed by atoms with Crippen molar-refractivity contribution in [3.05, 3.63) is 363 Å². The quantitative estimate of drug-likeness (QED) is 0.127. The summed E-state index contributed by atoms with van der Waals surface area (Å²) < 4.78 is 2.47. The standard InChI is InChI=1S/C48H31N3.C47H33N3S/c1-2-14-34(15-3-1)43-31-42-37(27-26-35-17-6-8-20-39(35)42)30-46(43)51(45-24-12-19-33-16-7-9-21-40(33)45)48-49-44-23-11-10-22-41(44)47(50-48)38-28-25-32-13-4-5-18-36(32)29-38;1-47(2)37-24-12-9-20-32(37)34-28-29-39(42(43(34)47)30-16-5-3-6-17-30)50(40-26-15-23-35-33-21-11-14-27-41(33)51-45(35)40)46-48-38-25-13-10-22-36(38)44(49-46)31-18-7-4-8-19-31/h1-31H;3-29H,1-2H3. The van der Waals surface area contributed by atoms with E-state index in [1.165, 1.54) is 80.5 Å². The molecule has 6 nitrogen and oxygen atoms in total. The summed E-state index contributed by atoms with van der Waals surface area (Å²) >= 11 is 1.83. The van der Waals surface area contributed by atoms with Gasteiger partial charge in [0.15, 0.2) is 0 Å². The Morgan fingerprint density at radius 3 is 1.51 bits per heavy atom. The summed E-state index contributed by atoms with van der Waals surface area (Å²) in [5.74, 6) is 1.26. The highest BCUT2D eigenvalue weighted by molar-refractivity contribution is 7.26. The van der Waals surface area contributed by atoms with Crippen LogP contribution < -0.4 is 9.80 Å². The van der Waals surface area contributed by atoms with Crippen LogP contribution in [-0.2, 0) is 5.41 Å². The van der Waals surface area contributed by atoms with Crippen molar-refractivity contribution in [2.75, 3.05) is 9.80 Å². The second-order valence-electron chi connectivity index (χ2n) is 26.8. The first-order valence-corrected chi connectivity index (χ1v) is 35.6. The number of anilines is 6. The molecule has 20 rings (SSSR count). The van der Waals surface area contributed by atoms with E-state index in [-0.39, 0.29) is 5.41 Å². The van der Waals surface area contributed by atoms with Crippen LogP contribution in [0.3, 0.4) is 0 Å². The number of aromatic nitrogens is 4. The fourth-order valence-electron chi connectivity index (χ4n) is 15.7. The SMILES string of the molecule is CC1(C)c2ccccc2-c2ccc(N(c3nc(-c4ccccc4)c4ccccc4n3)c3cccc4c3sc3ccccc34)c(-c3ccccc3)c21.c1ccc(-c2cc3c(ccc4ccccc43)cc2N(c2nc(-c3ccc4ccccc4c3)c3ccccc3n2)c2cccc3ccccc23)cc1. The van der Waals surface area contributed by atoms with Crippen molar-refractivity contribution in [3.8, 4) is 55.9 Å². The van der Waals surface area contributed by atoms with Gasteiger partial charge in [0.25, 0.3) is 0 Å². The average molecular weight is 1320 g/mol. The molecular formula is C95H64N6S. The number of hydrogen-bond acceptors (Lipinski definition) is 7. The molecule has 1 aliphatic carbocycles. The Morgan fingerprint density at radius 2 is 0.784 bits per heavy atom. The number of thiophene rings is 1. The topological polar surface area (TPSA) is 58.0 Å². The molecule has 0 amide bonds. The van der Waals surface area contributed by atoms with E-state index in [4.69, 9.17) is 19.9 Å². The van der Waals surface area contributed by atoms with Gasteiger partial charge in [-0.25, -0.2) is 19.9 Å². The summed E-state index contributed by atoms with van der Waals surface area (Å²) in [6.07, 6.45) is 0. The molecule has 0 bridgehead atoms. The first kappa shape index (κ1) is 60.3. The van der Waals surface area contributed by atoms with Crippen LogP contribution in [0.1, 0.15) is 25.0 Å². The lowest BCUT2D eigenvalue weighted by molar-refractivity contribution is 0.662. The van der Waals surface area contributed by atoms with Crippen LogP contribution in [0.2, 0.25) is 0 Å². The number of nitrogens with zero attached hydrogens (tertiary/aromatic N) is 6. The molecule has 0 saturated heterocycles. The molecule has 102 heavy (non-hydrogen) atoms. The third-order valence-corrected chi connectivity index (χ3v) is 21.7. The smallest absolute Gasteiger partial charge is 0.235 e. The summed E-state index contributed by atoms with van der Waals surface area (Å²) in [6.45, 7) is 4.73. The second kappa shape index (κ2) is 24.8. The van der Waals surface area contributed by atoms with Gasteiger partial charge in [0, 0.05) is 59.3 Å². The maximum atomic E-state index is 5.52. The molecule has 3 aromatic heterocycles. The Hall–Kier alpha value is -12.9. The van der Waals surface area contributed by atoms with Gasteiger partial charge in [-0.15, -0.1) is 11.3 Å². The van der Waals surface area contributed by atoms with Gasteiger partial charge in [-0.1, -0.05) is 311 Å². The fraction of sp³-hybridized carbons (Fsp3) is 0.0316. The first-order valence-electron chi connectivity index (χ1n) is 34.8. The van der Waals surface area contributed by atoms with E-state index in [9.17, 15) is 0 Å². The number of hydrogen-bond donors (Lipinski definition) is 0. The van der Waals surface area contributed by atoms with Crippen molar-refractivity contribution in [2.45, 2.75) is 19.3 Å². The Morgan fingerprint density at radius 1 is 0.275 bits per heavy atom. The minimum Gasteiger partial charge on any atom is -0.278 e. The Bertz CT molecular complexity index is 6500. The third-order valence-electron chi connectivity index (χ3n) is 20.5. The van der Waals surface area contributed by atoms with E-state index >= 15 is 0 Å². The number of fused-ring (bicyclic) bond motifs is 13. The van der Waals surface area contributed by atoms with Crippen molar-refractivity contribution in [3.63, 3.8) is 0 Å². The molecule has 3 heterocycles. The van der Waals surface area contributed by atoms with Crippen molar-refractivity contribution >= 4 is 131 Å². The molecule has 0 saturated carbocycles. The predicted molar refractivity (Wildman–Crippen MR) is 431 cm³/mol. The minimum atomic E-state index is -0.234. The summed E-state index contributed by atoms with van der Waals surface area (Å²) in [5, 5.41) is 14.0.